The van der Waals surface area contributed by atoms with E-state index in [0.29, 0.717) is 11.4 Å². The SMILES string of the molecule is C=CCSc1ccccc1NS(=O)(=O)c1cnccc1Cl. The van der Waals surface area contributed by atoms with Crippen molar-refractivity contribution in [2.75, 3.05) is 10.5 Å². The van der Waals surface area contributed by atoms with E-state index in [1.165, 1.54) is 30.2 Å². The van der Waals surface area contributed by atoms with Gasteiger partial charge in [0.1, 0.15) is 4.90 Å². The van der Waals surface area contributed by atoms with Crippen LogP contribution in [0.5, 0.6) is 0 Å². The van der Waals surface area contributed by atoms with Gasteiger partial charge in [0.15, 0.2) is 0 Å². The number of para-hydroxylation sites is 1. The summed E-state index contributed by atoms with van der Waals surface area (Å²) in [7, 11) is -3.78. The fraction of sp³-hybridized carbons (Fsp3) is 0.0714. The molecule has 0 atom stereocenters. The summed E-state index contributed by atoms with van der Waals surface area (Å²) in [5.41, 5.74) is 0.504. The van der Waals surface area contributed by atoms with Crippen LogP contribution < -0.4 is 4.72 Å². The monoisotopic (exact) mass is 340 g/mol. The number of hydrogen-bond donors (Lipinski definition) is 1. The Morgan fingerprint density at radius 2 is 2.10 bits per heavy atom. The summed E-state index contributed by atoms with van der Waals surface area (Å²) < 4.78 is 27.3. The summed E-state index contributed by atoms with van der Waals surface area (Å²) in [6.07, 6.45) is 4.42. The molecule has 0 aliphatic heterocycles. The third-order valence-electron chi connectivity index (χ3n) is 2.51. The maximum atomic E-state index is 12.4. The van der Waals surface area contributed by atoms with Crippen molar-refractivity contribution in [1.29, 1.82) is 0 Å². The van der Waals surface area contributed by atoms with Crippen LogP contribution in [-0.4, -0.2) is 19.2 Å². The highest BCUT2D eigenvalue weighted by Gasteiger charge is 2.19. The quantitative estimate of drug-likeness (QED) is 0.641. The predicted molar refractivity (Wildman–Crippen MR) is 87.4 cm³/mol. The molecule has 1 heterocycles. The molecule has 0 aliphatic rings. The molecule has 0 amide bonds. The number of pyridine rings is 1. The first-order chi connectivity index (χ1) is 10.0. The van der Waals surface area contributed by atoms with Gasteiger partial charge in [-0.25, -0.2) is 8.42 Å². The molecule has 2 aromatic rings. The second-order valence-electron chi connectivity index (χ2n) is 4.01. The molecular weight excluding hydrogens is 328 g/mol. The Balaban J connectivity index is 2.33. The molecule has 1 aromatic heterocycles. The first-order valence-corrected chi connectivity index (χ1v) is 8.84. The fourth-order valence-corrected chi connectivity index (χ4v) is 3.91. The maximum Gasteiger partial charge on any atom is 0.264 e. The van der Waals surface area contributed by atoms with E-state index in [1.807, 2.05) is 12.1 Å². The largest absolute Gasteiger partial charge is 0.278 e. The van der Waals surface area contributed by atoms with Gasteiger partial charge in [-0.3, -0.25) is 9.71 Å². The van der Waals surface area contributed by atoms with E-state index in [4.69, 9.17) is 11.6 Å². The first kappa shape index (κ1) is 15.9. The predicted octanol–water partition coefficient (Wildman–Crippen LogP) is 3.81. The van der Waals surface area contributed by atoms with Crippen molar-refractivity contribution >= 4 is 39.1 Å². The number of hydrogen-bond acceptors (Lipinski definition) is 4. The van der Waals surface area contributed by atoms with E-state index in [2.05, 4.69) is 16.3 Å². The van der Waals surface area contributed by atoms with Gasteiger partial charge in [-0.1, -0.05) is 29.8 Å². The van der Waals surface area contributed by atoms with Crippen molar-refractivity contribution in [2.24, 2.45) is 0 Å². The lowest BCUT2D eigenvalue weighted by Gasteiger charge is -2.12. The molecule has 0 bridgehead atoms. The third kappa shape index (κ3) is 4.00. The van der Waals surface area contributed by atoms with Crippen LogP contribution in [0.4, 0.5) is 5.69 Å². The molecule has 1 aromatic carbocycles. The lowest BCUT2D eigenvalue weighted by atomic mass is 10.3. The minimum absolute atomic E-state index is 0.0461. The Hall–Kier alpha value is -1.50. The van der Waals surface area contributed by atoms with Crippen molar-refractivity contribution in [3.05, 3.63) is 60.4 Å². The summed E-state index contributed by atoms with van der Waals surface area (Å²) >= 11 is 7.41. The molecule has 1 N–H and O–H groups in total. The molecule has 0 aliphatic carbocycles. The molecule has 4 nitrogen and oxygen atoms in total. The van der Waals surface area contributed by atoms with Gasteiger partial charge in [-0.2, -0.15) is 0 Å². The number of thioether (sulfide) groups is 1. The standard InChI is InChI=1S/C14H13ClN2O2S2/c1-2-9-20-13-6-4-3-5-12(13)17-21(18,19)14-10-16-8-7-11(14)15/h2-8,10,17H,1,9H2. The van der Waals surface area contributed by atoms with Crippen LogP contribution in [0.2, 0.25) is 5.02 Å². The van der Waals surface area contributed by atoms with Gasteiger partial charge in [0.25, 0.3) is 10.0 Å². The molecule has 0 saturated carbocycles. The highest BCUT2D eigenvalue weighted by molar-refractivity contribution is 7.99. The zero-order valence-electron chi connectivity index (χ0n) is 11.0. The lowest BCUT2D eigenvalue weighted by Crippen LogP contribution is -2.14. The molecule has 0 saturated heterocycles. The number of halogens is 1. The summed E-state index contributed by atoms with van der Waals surface area (Å²) in [6, 6.07) is 8.60. The van der Waals surface area contributed by atoms with Gasteiger partial charge >= 0.3 is 0 Å². The highest BCUT2D eigenvalue weighted by atomic mass is 35.5. The number of nitrogens with zero attached hydrogens (tertiary/aromatic N) is 1. The molecule has 0 radical (unpaired) electrons. The Kier molecular flexibility index (Phi) is 5.27. The number of rotatable bonds is 6. The van der Waals surface area contributed by atoms with E-state index in [9.17, 15) is 8.42 Å². The number of anilines is 1. The molecule has 0 fully saturated rings. The molecule has 0 spiro atoms. The molecule has 7 heteroatoms. The smallest absolute Gasteiger partial charge is 0.264 e. The van der Waals surface area contributed by atoms with Gasteiger partial charge in [0.05, 0.1) is 10.7 Å². The minimum atomic E-state index is -3.78. The van der Waals surface area contributed by atoms with Crippen molar-refractivity contribution in [3.8, 4) is 0 Å². The topological polar surface area (TPSA) is 59.1 Å². The maximum absolute atomic E-state index is 12.4. The highest BCUT2D eigenvalue weighted by Crippen LogP contribution is 2.30. The molecule has 21 heavy (non-hydrogen) atoms. The van der Waals surface area contributed by atoms with Crippen LogP contribution in [0.1, 0.15) is 0 Å². The van der Waals surface area contributed by atoms with Crippen LogP contribution in [-0.2, 0) is 10.0 Å². The van der Waals surface area contributed by atoms with E-state index >= 15 is 0 Å². The Morgan fingerprint density at radius 1 is 1.33 bits per heavy atom. The van der Waals surface area contributed by atoms with Gasteiger partial charge in [0.2, 0.25) is 0 Å². The Morgan fingerprint density at radius 3 is 2.81 bits per heavy atom. The molecule has 0 unspecified atom stereocenters. The normalized spacial score (nSPS) is 11.1. The summed E-state index contributed by atoms with van der Waals surface area (Å²) in [5.74, 6) is 0.687. The van der Waals surface area contributed by atoms with Crippen LogP contribution in [0.15, 0.2) is 65.2 Å². The number of nitrogens with one attached hydrogen (secondary N) is 1. The average Bonchev–Trinajstić information content (AvgIpc) is 2.46. The summed E-state index contributed by atoms with van der Waals surface area (Å²) in [4.78, 5) is 4.58. The van der Waals surface area contributed by atoms with Crippen molar-refractivity contribution in [1.82, 2.24) is 4.98 Å². The second-order valence-corrected chi connectivity index (χ2v) is 7.13. The second kappa shape index (κ2) is 6.98. The fourth-order valence-electron chi connectivity index (χ4n) is 1.59. The minimum Gasteiger partial charge on any atom is -0.278 e. The first-order valence-electron chi connectivity index (χ1n) is 5.99. The third-order valence-corrected chi connectivity index (χ3v) is 5.42. The number of aromatic nitrogens is 1. The van der Waals surface area contributed by atoms with Crippen LogP contribution in [0.3, 0.4) is 0 Å². The number of benzene rings is 1. The van der Waals surface area contributed by atoms with Crippen LogP contribution in [0, 0.1) is 0 Å². The van der Waals surface area contributed by atoms with E-state index < -0.39 is 10.0 Å². The van der Waals surface area contributed by atoms with Crippen LogP contribution in [0.25, 0.3) is 0 Å². The summed E-state index contributed by atoms with van der Waals surface area (Å²) in [6.45, 7) is 3.65. The van der Waals surface area contributed by atoms with E-state index in [-0.39, 0.29) is 9.92 Å². The van der Waals surface area contributed by atoms with Crippen molar-refractivity contribution < 1.29 is 8.42 Å². The summed E-state index contributed by atoms with van der Waals surface area (Å²) in [5, 5.41) is 0.133. The lowest BCUT2D eigenvalue weighted by molar-refractivity contribution is 0.601. The number of sulfonamides is 1. The van der Waals surface area contributed by atoms with Crippen molar-refractivity contribution in [3.63, 3.8) is 0 Å². The van der Waals surface area contributed by atoms with Gasteiger partial charge in [0, 0.05) is 23.0 Å². The zero-order valence-corrected chi connectivity index (χ0v) is 13.4. The van der Waals surface area contributed by atoms with Crippen molar-refractivity contribution in [2.45, 2.75) is 9.79 Å². The molecular formula is C14H13ClN2O2S2. The van der Waals surface area contributed by atoms with Gasteiger partial charge < -0.3 is 0 Å². The van der Waals surface area contributed by atoms with Gasteiger partial charge in [-0.15, -0.1) is 18.3 Å². The van der Waals surface area contributed by atoms with Crippen LogP contribution >= 0.6 is 23.4 Å². The Labute approximate surface area is 133 Å². The molecule has 2 rings (SSSR count). The average molecular weight is 341 g/mol. The van der Waals surface area contributed by atoms with E-state index in [1.54, 1.807) is 18.2 Å². The zero-order chi connectivity index (χ0) is 15.3. The molecule has 110 valence electrons. The Bertz CT molecular complexity index is 748. The van der Waals surface area contributed by atoms with E-state index in [0.717, 1.165) is 4.90 Å². The van der Waals surface area contributed by atoms with Gasteiger partial charge in [-0.05, 0) is 18.2 Å².